The molecule has 0 radical (unpaired) electrons. The molecule has 1 rings (SSSR count). The summed E-state index contributed by atoms with van der Waals surface area (Å²) in [4.78, 5) is 23.3. The van der Waals surface area contributed by atoms with E-state index >= 15 is 0 Å². The van der Waals surface area contributed by atoms with Gasteiger partial charge in [-0.05, 0) is 0 Å². The molecular weight excluding hydrogens is 146 g/mol. The van der Waals surface area contributed by atoms with Crippen LogP contribution in [0.5, 0.6) is 0 Å². The molecule has 0 bridgehead atoms. The first-order chi connectivity index (χ1) is 5.20. The van der Waals surface area contributed by atoms with Crippen LogP contribution in [0.15, 0.2) is 0 Å². The number of rotatable bonds is 0. The van der Waals surface area contributed by atoms with Gasteiger partial charge in [0.2, 0.25) is 5.91 Å². The molecule has 11 heavy (non-hydrogen) atoms. The van der Waals surface area contributed by atoms with Crippen LogP contribution in [0.25, 0.3) is 0 Å². The molecule has 0 N–H and O–H groups in total. The molecule has 0 aromatic heterocycles. The third-order valence-corrected chi connectivity index (χ3v) is 1.66. The summed E-state index contributed by atoms with van der Waals surface area (Å²) in [6, 6.07) is 0. The molecule has 0 spiro atoms. The maximum absolute atomic E-state index is 11.0. The highest BCUT2D eigenvalue weighted by molar-refractivity contribution is 5.81. The largest absolute Gasteiger partial charge is 0.464 e. The highest BCUT2D eigenvalue weighted by atomic mass is 16.5. The summed E-state index contributed by atoms with van der Waals surface area (Å²) < 4.78 is 4.77. The number of carbonyl (C=O) groups is 2. The summed E-state index contributed by atoms with van der Waals surface area (Å²) in [6.07, 6.45) is 0.485. The third-order valence-electron chi connectivity index (χ3n) is 1.66. The topological polar surface area (TPSA) is 46.6 Å². The van der Waals surface area contributed by atoms with Crippen LogP contribution >= 0.6 is 0 Å². The van der Waals surface area contributed by atoms with Crippen LogP contribution in [0, 0.1) is 0 Å². The van der Waals surface area contributed by atoms with Crippen molar-refractivity contribution in [2.24, 2.45) is 0 Å². The number of amides is 1. The molecule has 1 saturated heterocycles. The zero-order valence-corrected chi connectivity index (χ0v) is 6.50. The van der Waals surface area contributed by atoms with Crippen LogP contribution < -0.4 is 0 Å². The number of cyclic esters (lactones) is 1. The summed E-state index contributed by atoms with van der Waals surface area (Å²) in [6.45, 7) is 0.825. The normalized spacial score (nSPS) is 20.6. The molecule has 1 aliphatic heterocycles. The van der Waals surface area contributed by atoms with Crippen LogP contribution in [-0.2, 0) is 14.3 Å². The van der Waals surface area contributed by atoms with Crippen molar-refractivity contribution in [3.8, 4) is 0 Å². The van der Waals surface area contributed by atoms with Gasteiger partial charge in [0.15, 0.2) is 0 Å². The Balaban J connectivity index is 2.47. The highest BCUT2D eigenvalue weighted by Gasteiger charge is 2.15. The average molecular weight is 157 g/mol. The summed E-state index contributed by atoms with van der Waals surface area (Å²) in [7, 11) is 1.71. The molecular formula is C7H11NO3. The van der Waals surface area contributed by atoms with E-state index in [4.69, 9.17) is 4.74 Å². The van der Waals surface area contributed by atoms with E-state index in [1.807, 2.05) is 0 Å². The molecule has 0 aromatic rings. The molecule has 1 aliphatic rings. The fraction of sp³-hybridized carbons (Fsp3) is 0.714. The van der Waals surface area contributed by atoms with Crippen molar-refractivity contribution in [3.63, 3.8) is 0 Å². The van der Waals surface area contributed by atoms with E-state index in [-0.39, 0.29) is 24.7 Å². The van der Waals surface area contributed by atoms with Crippen LogP contribution in [0.1, 0.15) is 12.8 Å². The van der Waals surface area contributed by atoms with Gasteiger partial charge in [0.1, 0.15) is 6.61 Å². The summed E-state index contributed by atoms with van der Waals surface area (Å²) in [5.41, 5.74) is 0. The van der Waals surface area contributed by atoms with Crippen LogP contribution in [0.2, 0.25) is 0 Å². The summed E-state index contributed by atoms with van der Waals surface area (Å²) in [5.74, 6) is -0.256. The van der Waals surface area contributed by atoms with E-state index in [1.165, 1.54) is 0 Å². The number of esters is 1. The fourth-order valence-electron chi connectivity index (χ4n) is 0.893. The molecule has 0 aliphatic carbocycles. The standard InChI is InChI=1S/C7H11NO3/c1-8-4-5-11-7(10)3-2-6(8)9/h2-5H2,1H3. The third kappa shape index (κ3) is 2.22. The van der Waals surface area contributed by atoms with E-state index in [9.17, 15) is 9.59 Å². The average Bonchev–Trinajstić information content (AvgIpc) is 1.98. The first kappa shape index (κ1) is 8.04. The Morgan fingerprint density at radius 1 is 1.36 bits per heavy atom. The molecule has 1 heterocycles. The second kappa shape index (κ2) is 3.37. The minimum Gasteiger partial charge on any atom is -0.464 e. The Morgan fingerprint density at radius 2 is 2.09 bits per heavy atom. The SMILES string of the molecule is CN1CCOC(=O)CCC1=O. The van der Waals surface area contributed by atoms with Crippen molar-refractivity contribution in [1.82, 2.24) is 4.90 Å². The Labute approximate surface area is 65.1 Å². The lowest BCUT2D eigenvalue weighted by Gasteiger charge is -2.19. The van der Waals surface area contributed by atoms with E-state index in [0.717, 1.165) is 0 Å². The number of carbonyl (C=O) groups excluding carboxylic acids is 2. The maximum atomic E-state index is 11.0. The number of ether oxygens (including phenoxy) is 1. The molecule has 1 fully saturated rings. The van der Waals surface area contributed by atoms with Crippen LogP contribution in [-0.4, -0.2) is 37.0 Å². The molecule has 0 saturated carbocycles. The van der Waals surface area contributed by atoms with Crippen molar-refractivity contribution in [2.45, 2.75) is 12.8 Å². The minimum absolute atomic E-state index is 0.0154. The fourth-order valence-corrected chi connectivity index (χ4v) is 0.893. The number of hydrogen-bond acceptors (Lipinski definition) is 3. The van der Waals surface area contributed by atoms with Gasteiger partial charge in [-0.2, -0.15) is 0 Å². The van der Waals surface area contributed by atoms with E-state index in [1.54, 1.807) is 11.9 Å². The Hall–Kier alpha value is -1.06. The maximum Gasteiger partial charge on any atom is 0.306 e. The predicted molar refractivity (Wildman–Crippen MR) is 37.8 cm³/mol. The lowest BCUT2D eigenvalue weighted by Crippen LogP contribution is -2.33. The van der Waals surface area contributed by atoms with Crippen molar-refractivity contribution in [2.75, 3.05) is 20.2 Å². The Bertz CT molecular complexity index is 179. The highest BCUT2D eigenvalue weighted by Crippen LogP contribution is 2.01. The molecule has 4 nitrogen and oxygen atoms in total. The molecule has 1 amide bonds. The second-order valence-electron chi connectivity index (χ2n) is 2.54. The molecule has 4 heteroatoms. The van der Waals surface area contributed by atoms with Crippen LogP contribution in [0.4, 0.5) is 0 Å². The zero-order valence-electron chi connectivity index (χ0n) is 6.50. The Kier molecular flexibility index (Phi) is 2.46. The molecule has 0 unspecified atom stereocenters. The van der Waals surface area contributed by atoms with Gasteiger partial charge < -0.3 is 9.64 Å². The van der Waals surface area contributed by atoms with Gasteiger partial charge in [-0.25, -0.2) is 0 Å². The van der Waals surface area contributed by atoms with Gasteiger partial charge in [-0.15, -0.1) is 0 Å². The van der Waals surface area contributed by atoms with E-state index < -0.39 is 0 Å². The number of likely N-dealkylation sites (N-methyl/N-ethyl adjacent to an activating group) is 1. The monoisotopic (exact) mass is 157 g/mol. The first-order valence-electron chi connectivity index (χ1n) is 3.60. The van der Waals surface area contributed by atoms with Crippen molar-refractivity contribution >= 4 is 11.9 Å². The molecule has 0 atom stereocenters. The lowest BCUT2D eigenvalue weighted by molar-refractivity contribution is -0.149. The van der Waals surface area contributed by atoms with Gasteiger partial charge in [-0.3, -0.25) is 9.59 Å². The first-order valence-corrected chi connectivity index (χ1v) is 3.60. The van der Waals surface area contributed by atoms with Gasteiger partial charge in [0.05, 0.1) is 13.0 Å². The number of hydrogen-bond donors (Lipinski definition) is 0. The number of nitrogens with zero attached hydrogens (tertiary/aromatic N) is 1. The van der Waals surface area contributed by atoms with Gasteiger partial charge in [0, 0.05) is 13.5 Å². The molecule has 0 aromatic carbocycles. The van der Waals surface area contributed by atoms with Crippen molar-refractivity contribution in [3.05, 3.63) is 0 Å². The quantitative estimate of drug-likeness (QED) is 0.457. The summed E-state index contributed by atoms with van der Waals surface area (Å²) in [5, 5.41) is 0. The summed E-state index contributed by atoms with van der Waals surface area (Å²) >= 11 is 0. The van der Waals surface area contributed by atoms with Gasteiger partial charge >= 0.3 is 5.97 Å². The Morgan fingerprint density at radius 3 is 2.82 bits per heavy atom. The van der Waals surface area contributed by atoms with Crippen LogP contribution in [0.3, 0.4) is 0 Å². The van der Waals surface area contributed by atoms with E-state index in [2.05, 4.69) is 0 Å². The smallest absolute Gasteiger partial charge is 0.306 e. The zero-order chi connectivity index (χ0) is 8.27. The van der Waals surface area contributed by atoms with Crippen molar-refractivity contribution in [1.29, 1.82) is 0 Å². The molecule has 62 valence electrons. The lowest BCUT2D eigenvalue weighted by atomic mass is 10.2. The minimum atomic E-state index is -0.272. The van der Waals surface area contributed by atoms with Gasteiger partial charge in [0.25, 0.3) is 0 Å². The second-order valence-corrected chi connectivity index (χ2v) is 2.54. The van der Waals surface area contributed by atoms with E-state index in [0.29, 0.717) is 13.2 Å². The van der Waals surface area contributed by atoms with Crippen molar-refractivity contribution < 1.29 is 14.3 Å². The van der Waals surface area contributed by atoms with Gasteiger partial charge in [-0.1, -0.05) is 0 Å². The predicted octanol–water partition coefficient (Wildman–Crippen LogP) is -0.218.